The van der Waals surface area contributed by atoms with Crippen LogP contribution in [-0.4, -0.2) is 35.0 Å². The molecule has 1 heterocycles. The summed E-state index contributed by atoms with van der Waals surface area (Å²) in [5.41, 5.74) is 0.147. The van der Waals surface area contributed by atoms with Crippen LogP contribution in [0.4, 0.5) is 0 Å². The van der Waals surface area contributed by atoms with Crippen LogP contribution in [0.5, 0.6) is 0 Å². The summed E-state index contributed by atoms with van der Waals surface area (Å²) < 4.78 is 0. The molecule has 3 N–H and O–H groups in total. The minimum absolute atomic E-state index is 0.0235. The van der Waals surface area contributed by atoms with E-state index in [-0.39, 0.29) is 23.9 Å². The first-order chi connectivity index (χ1) is 11.8. The van der Waals surface area contributed by atoms with Gasteiger partial charge in [-0.3, -0.25) is 14.4 Å². The number of carboxylic acids is 1. The molecule has 2 fully saturated rings. The first kappa shape index (κ1) is 17.5. The van der Waals surface area contributed by atoms with Gasteiger partial charge < -0.3 is 15.7 Å². The Hall–Kier alpha value is -2.37. The summed E-state index contributed by atoms with van der Waals surface area (Å²) in [6, 6.07) is 6.66. The van der Waals surface area contributed by atoms with Crippen molar-refractivity contribution in [3.8, 4) is 0 Å². The lowest BCUT2D eigenvalue weighted by Crippen LogP contribution is -2.56. The molecule has 6 heteroatoms. The zero-order valence-corrected chi connectivity index (χ0v) is 14.5. The standard InChI is InChI=1S/C19H24N2O4/c1-19(2,18(24)25)13-7-5-12(6-8-13)17(23)20-14-9-10-15(22)21-16(14)11-3-4-11/h5-8,11,14,16H,3-4,9-10H2,1-2H3,(H,20,23)(H,21,22)(H,24,25)/t14-,16+/m1/s1. The van der Waals surface area contributed by atoms with E-state index in [9.17, 15) is 19.5 Å². The van der Waals surface area contributed by atoms with Crippen molar-refractivity contribution in [2.75, 3.05) is 0 Å². The zero-order valence-electron chi connectivity index (χ0n) is 14.5. The Balaban J connectivity index is 1.68. The summed E-state index contributed by atoms with van der Waals surface area (Å²) in [7, 11) is 0. The summed E-state index contributed by atoms with van der Waals surface area (Å²) >= 11 is 0. The maximum atomic E-state index is 12.5. The van der Waals surface area contributed by atoms with Crippen LogP contribution in [0.15, 0.2) is 24.3 Å². The van der Waals surface area contributed by atoms with Gasteiger partial charge in [0, 0.05) is 12.0 Å². The average molecular weight is 344 g/mol. The SMILES string of the molecule is CC(C)(C(=O)O)c1ccc(C(=O)N[C@@H]2CCC(=O)N[C@H]2C2CC2)cc1. The fourth-order valence-electron chi connectivity index (χ4n) is 3.30. The van der Waals surface area contributed by atoms with Crippen molar-refractivity contribution < 1.29 is 19.5 Å². The molecule has 0 unspecified atom stereocenters. The van der Waals surface area contributed by atoms with Crippen LogP contribution in [0, 0.1) is 5.92 Å². The van der Waals surface area contributed by atoms with E-state index in [0.717, 1.165) is 12.8 Å². The van der Waals surface area contributed by atoms with Crippen LogP contribution in [0.1, 0.15) is 55.5 Å². The van der Waals surface area contributed by atoms with Crippen molar-refractivity contribution in [1.82, 2.24) is 10.6 Å². The van der Waals surface area contributed by atoms with Gasteiger partial charge in [-0.05, 0) is 56.7 Å². The normalized spacial score (nSPS) is 23.7. The number of hydrogen-bond acceptors (Lipinski definition) is 3. The van der Waals surface area contributed by atoms with E-state index in [1.807, 2.05) is 0 Å². The summed E-state index contributed by atoms with van der Waals surface area (Å²) in [6.07, 6.45) is 3.27. The molecule has 1 saturated carbocycles. The number of piperidine rings is 1. The molecule has 0 spiro atoms. The van der Waals surface area contributed by atoms with Gasteiger partial charge in [0.1, 0.15) is 0 Å². The molecule has 1 aromatic carbocycles. The van der Waals surface area contributed by atoms with Gasteiger partial charge in [-0.15, -0.1) is 0 Å². The second-order valence-corrected chi connectivity index (χ2v) is 7.56. The molecular formula is C19H24N2O4. The average Bonchev–Trinajstić information content (AvgIpc) is 3.41. The van der Waals surface area contributed by atoms with Crippen molar-refractivity contribution in [2.45, 2.75) is 57.0 Å². The Labute approximate surface area is 147 Å². The van der Waals surface area contributed by atoms with Crippen LogP contribution in [0.3, 0.4) is 0 Å². The van der Waals surface area contributed by atoms with Gasteiger partial charge in [0.2, 0.25) is 5.91 Å². The van der Waals surface area contributed by atoms with Gasteiger partial charge >= 0.3 is 5.97 Å². The van der Waals surface area contributed by atoms with Gasteiger partial charge in [0.05, 0.1) is 17.5 Å². The maximum Gasteiger partial charge on any atom is 0.313 e. The summed E-state index contributed by atoms with van der Waals surface area (Å²) in [5.74, 6) is -0.572. The van der Waals surface area contributed by atoms with Crippen LogP contribution >= 0.6 is 0 Å². The maximum absolute atomic E-state index is 12.5. The highest BCUT2D eigenvalue weighted by Crippen LogP contribution is 2.36. The number of carbonyl (C=O) groups is 3. The predicted molar refractivity (Wildman–Crippen MR) is 92.2 cm³/mol. The molecule has 6 nitrogen and oxygen atoms in total. The van der Waals surface area contributed by atoms with Crippen LogP contribution < -0.4 is 10.6 Å². The van der Waals surface area contributed by atoms with Gasteiger partial charge in [0.15, 0.2) is 0 Å². The lowest BCUT2D eigenvalue weighted by Gasteiger charge is -2.33. The number of rotatable bonds is 5. The highest BCUT2D eigenvalue weighted by molar-refractivity contribution is 5.95. The molecule has 0 radical (unpaired) electrons. The topological polar surface area (TPSA) is 95.5 Å². The Morgan fingerprint density at radius 3 is 2.36 bits per heavy atom. The monoisotopic (exact) mass is 344 g/mol. The Kier molecular flexibility index (Phi) is 4.54. The molecule has 2 aliphatic rings. The Morgan fingerprint density at radius 2 is 1.80 bits per heavy atom. The number of carbonyl (C=O) groups excluding carboxylic acids is 2. The third-order valence-corrected chi connectivity index (χ3v) is 5.29. The number of benzene rings is 1. The van der Waals surface area contributed by atoms with Gasteiger partial charge in [-0.2, -0.15) is 0 Å². The molecule has 2 atom stereocenters. The van der Waals surface area contributed by atoms with Gasteiger partial charge in [-0.25, -0.2) is 0 Å². The van der Waals surface area contributed by atoms with E-state index >= 15 is 0 Å². The number of nitrogens with one attached hydrogen (secondary N) is 2. The fraction of sp³-hybridized carbons (Fsp3) is 0.526. The molecule has 1 aliphatic heterocycles. The zero-order chi connectivity index (χ0) is 18.2. The van der Waals surface area contributed by atoms with Crippen molar-refractivity contribution in [1.29, 1.82) is 0 Å². The van der Waals surface area contributed by atoms with Crippen molar-refractivity contribution in [3.63, 3.8) is 0 Å². The van der Waals surface area contributed by atoms with E-state index in [0.29, 0.717) is 29.9 Å². The number of amides is 2. The Bertz CT molecular complexity index is 692. The molecule has 3 rings (SSSR count). The quantitative estimate of drug-likeness (QED) is 0.759. The van der Waals surface area contributed by atoms with E-state index in [1.165, 1.54) is 0 Å². The van der Waals surface area contributed by atoms with E-state index in [1.54, 1.807) is 38.1 Å². The first-order valence-corrected chi connectivity index (χ1v) is 8.73. The number of aliphatic carboxylic acids is 1. The number of carboxylic acid groups (broad SMARTS) is 1. The van der Waals surface area contributed by atoms with Crippen LogP contribution in [0.25, 0.3) is 0 Å². The lowest BCUT2D eigenvalue weighted by atomic mass is 9.84. The fourth-order valence-corrected chi connectivity index (χ4v) is 3.30. The molecule has 134 valence electrons. The van der Waals surface area contributed by atoms with Crippen LogP contribution in [-0.2, 0) is 15.0 Å². The molecule has 25 heavy (non-hydrogen) atoms. The largest absolute Gasteiger partial charge is 0.481 e. The molecule has 1 saturated heterocycles. The molecular weight excluding hydrogens is 320 g/mol. The first-order valence-electron chi connectivity index (χ1n) is 8.73. The predicted octanol–water partition coefficient (Wildman–Crippen LogP) is 1.84. The minimum Gasteiger partial charge on any atom is -0.481 e. The highest BCUT2D eigenvalue weighted by atomic mass is 16.4. The van der Waals surface area contributed by atoms with E-state index < -0.39 is 11.4 Å². The lowest BCUT2D eigenvalue weighted by molar-refractivity contribution is -0.142. The molecule has 1 aliphatic carbocycles. The summed E-state index contributed by atoms with van der Waals surface area (Å²) in [6.45, 7) is 3.27. The Morgan fingerprint density at radius 1 is 1.16 bits per heavy atom. The summed E-state index contributed by atoms with van der Waals surface area (Å²) in [5, 5.41) is 15.3. The van der Waals surface area contributed by atoms with E-state index in [4.69, 9.17) is 0 Å². The third kappa shape index (κ3) is 3.67. The molecule has 0 bridgehead atoms. The molecule has 2 amide bonds. The van der Waals surface area contributed by atoms with E-state index in [2.05, 4.69) is 10.6 Å². The van der Waals surface area contributed by atoms with Gasteiger partial charge in [0.25, 0.3) is 5.91 Å². The van der Waals surface area contributed by atoms with Crippen molar-refractivity contribution >= 4 is 17.8 Å². The number of hydrogen-bond donors (Lipinski definition) is 3. The van der Waals surface area contributed by atoms with Crippen molar-refractivity contribution in [3.05, 3.63) is 35.4 Å². The third-order valence-electron chi connectivity index (χ3n) is 5.29. The smallest absolute Gasteiger partial charge is 0.313 e. The highest BCUT2D eigenvalue weighted by Gasteiger charge is 2.40. The van der Waals surface area contributed by atoms with Crippen LogP contribution in [0.2, 0.25) is 0 Å². The minimum atomic E-state index is -1.00. The molecule has 1 aromatic rings. The van der Waals surface area contributed by atoms with Gasteiger partial charge in [-0.1, -0.05) is 12.1 Å². The molecule has 0 aromatic heterocycles. The van der Waals surface area contributed by atoms with Crippen molar-refractivity contribution in [2.24, 2.45) is 5.92 Å². The second-order valence-electron chi connectivity index (χ2n) is 7.56. The summed E-state index contributed by atoms with van der Waals surface area (Å²) in [4.78, 5) is 35.5. The second kappa shape index (κ2) is 6.50.